The Morgan fingerprint density at radius 3 is 1.95 bits per heavy atom. The predicted molar refractivity (Wildman–Crippen MR) is 274 cm³/mol. The normalized spacial score (nSPS) is 21.2. The van der Waals surface area contributed by atoms with E-state index in [0.29, 0.717) is 11.1 Å². The van der Waals surface area contributed by atoms with Crippen molar-refractivity contribution < 1.29 is 48.3 Å². The third-order valence-electron chi connectivity index (χ3n) is 11.9. The van der Waals surface area contributed by atoms with Crippen molar-refractivity contribution in [1.29, 1.82) is 0 Å². The number of aromatic nitrogens is 1. The number of nitrogens with one attached hydrogen (secondary N) is 9. The number of hydrogen-bond donors (Lipinski definition) is 15. The molecule has 2 aromatic carbocycles. The van der Waals surface area contributed by atoms with Gasteiger partial charge in [-0.1, -0.05) is 48.5 Å². The molecular formula is C48H70N16O10. The highest BCUT2D eigenvalue weighted by atomic mass is 16.4. The molecule has 26 nitrogen and oxygen atoms in total. The largest absolute Gasteiger partial charge is 0.480 e. The Balaban J connectivity index is 1.75. The van der Waals surface area contributed by atoms with Crippen LogP contribution in [0, 0.1) is 0 Å². The minimum Gasteiger partial charge on any atom is -0.480 e. The summed E-state index contributed by atoms with van der Waals surface area (Å²) in [5.74, 6) is -8.06. The lowest BCUT2D eigenvalue weighted by atomic mass is 10.0. The summed E-state index contributed by atoms with van der Waals surface area (Å²) in [6, 6.07) is 6.08. The highest BCUT2D eigenvalue weighted by Gasteiger charge is 2.35. The maximum Gasteiger partial charge on any atom is 0.326 e. The van der Waals surface area contributed by atoms with Crippen molar-refractivity contribution in [1.82, 2.24) is 47.5 Å². The average molecular weight is 1030 g/mol. The second-order valence-electron chi connectivity index (χ2n) is 17.7. The summed E-state index contributed by atoms with van der Waals surface area (Å²) < 4.78 is 0. The fourth-order valence-corrected chi connectivity index (χ4v) is 8.07. The first-order valence-electron chi connectivity index (χ1n) is 24.3. The van der Waals surface area contributed by atoms with E-state index in [0.717, 1.165) is 10.9 Å². The van der Waals surface area contributed by atoms with E-state index in [4.69, 9.17) is 28.7 Å². The van der Waals surface area contributed by atoms with Crippen LogP contribution < -0.4 is 71.2 Å². The summed E-state index contributed by atoms with van der Waals surface area (Å²) in [7, 11) is 0. The van der Waals surface area contributed by atoms with E-state index < -0.39 is 95.5 Å². The molecule has 2 heterocycles. The fourth-order valence-electron chi connectivity index (χ4n) is 8.07. The number of H-pyrrole nitrogens is 1. The molecule has 402 valence electrons. The number of rotatable bonds is 18. The second-order valence-corrected chi connectivity index (χ2v) is 17.7. The maximum atomic E-state index is 14.5. The highest BCUT2D eigenvalue weighted by molar-refractivity contribution is 5.98. The minimum atomic E-state index is -1.48. The monoisotopic (exact) mass is 1030 g/mol. The molecule has 8 amide bonds. The van der Waals surface area contributed by atoms with Gasteiger partial charge in [-0.25, -0.2) is 4.79 Å². The van der Waals surface area contributed by atoms with Crippen LogP contribution >= 0.6 is 0 Å². The Morgan fingerprint density at radius 2 is 1.30 bits per heavy atom. The van der Waals surface area contributed by atoms with Gasteiger partial charge < -0.3 is 81.3 Å². The lowest BCUT2D eigenvalue weighted by molar-refractivity contribution is -0.142. The first kappa shape index (κ1) is 58.3. The first-order chi connectivity index (χ1) is 35.3. The van der Waals surface area contributed by atoms with Crippen LogP contribution in [0.5, 0.6) is 0 Å². The van der Waals surface area contributed by atoms with Crippen molar-refractivity contribution in [3.05, 3.63) is 71.9 Å². The van der Waals surface area contributed by atoms with Crippen molar-refractivity contribution in [2.75, 3.05) is 26.2 Å². The average Bonchev–Trinajstić information content (AvgIpc) is 3.76. The summed E-state index contributed by atoms with van der Waals surface area (Å²) in [5, 5.41) is 32.0. The molecule has 1 aliphatic rings. The molecule has 1 aliphatic heterocycles. The Labute approximate surface area is 427 Å². The van der Waals surface area contributed by atoms with Crippen LogP contribution in [0.1, 0.15) is 75.8 Å². The van der Waals surface area contributed by atoms with Gasteiger partial charge in [-0.15, -0.1) is 0 Å². The second kappa shape index (κ2) is 29.9. The predicted octanol–water partition coefficient (Wildman–Crippen LogP) is -3.40. The van der Waals surface area contributed by atoms with E-state index in [1.165, 1.54) is 6.92 Å². The number of fused-ring (bicyclic) bond motifs is 1. The van der Waals surface area contributed by atoms with Gasteiger partial charge in [0.05, 0.1) is 0 Å². The molecule has 1 saturated heterocycles. The van der Waals surface area contributed by atoms with E-state index in [9.17, 15) is 48.3 Å². The van der Waals surface area contributed by atoms with E-state index in [-0.39, 0.29) is 109 Å². The van der Waals surface area contributed by atoms with Crippen molar-refractivity contribution in [2.45, 2.75) is 120 Å². The number of benzene rings is 2. The van der Waals surface area contributed by atoms with Crippen molar-refractivity contribution in [3.8, 4) is 0 Å². The molecule has 0 bridgehead atoms. The number of carboxylic acids is 1. The summed E-state index contributed by atoms with van der Waals surface area (Å²) in [6.45, 7) is 1.15. The molecule has 7 atom stereocenters. The van der Waals surface area contributed by atoms with Crippen LogP contribution in [0.4, 0.5) is 0 Å². The smallest absolute Gasteiger partial charge is 0.326 e. The Bertz CT molecular complexity index is 2480. The Kier molecular flexibility index (Phi) is 23.6. The van der Waals surface area contributed by atoms with Gasteiger partial charge in [0.1, 0.15) is 42.3 Å². The first-order valence-corrected chi connectivity index (χ1v) is 24.3. The molecule has 26 heteroatoms. The minimum absolute atomic E-state index is 0.0431. The zero-order chi connectivity index (χ0) is 54.2. The van der Waals surface area contributed by atoms with Crippen LogP contribution in [-0.2, 0) is 56.0 Å². The molecule has 20 N–H and O–H groups in total. The van der Waals surface area contributed by atoms with Gasteiger partial charge in [0.2, 0.25) is 47.3 Å². The van der Waals surface area contributed by atoms with Crippen molar-refractivity contribution in [2.24, 2.45) is 38.7 Å². The molecule has 0 aliphatic carbocycles. The summed E-state index contributed by atoms with van der Waals surface area (Å²) in [5.41, 5.74) is 29.8. The molecule has 0 spiro atoms. The number of aliphatic imine (C=N–C) groups is 2. The number of carboxylic acid groups (broad SMARTS) is 1. The number of amides is 8. The number of nitrogens with two attached hydrogens (primary N) is 5. The van der Waals surface area contributed by atoms with E-state index in [1.807, 2.05) is 18.2 Å². The van der Waals surface area contributed by atoms with E-state index >= 15 is 0 Å². The van der Waals surface area contributed by atoms with Crippen LogP contribution in [0.25, 0.3) is 10.9 Å². The number of aromatic amines is 1. The van der Waals surface area contributed by atoms with Crippen molar-refractivity contribution >= 4 is 76.0 Å². The fraction of sp³-hybridized carbons (Fsp3) is 0.479. The van der Waals surface area contributed by atoms with E-state index in [2.05, 4.69) is 57.5 Å². The number of carbonyl (C=O) groups is 9. The number of carbonyl (C=O) groups excluding carboxylic acids is 8. The maximum absolute atomic E-state index is 14.5. The topological polar surface area (TPSA) is 441 Å². The number of para-hydroxylation sites is 1. The van der Waals surface area contributed by atoms with E-state index in [1.54, 1.807) is 42.6 Å². The third kappa shape index (κ3) is 19.7. The molecule has 3 aromatic rings. The number of aliphatic carboxylic acids is 1. The van der Waals surface area contributed by atoms with Gasteiger partial charge in [0.25, 0.3) is 0 Å². The van der Waals surface area contributed by atoms with Gasteiger partial charge in [-0.05, 0) is 75.1 Å². The van der Waals surface area contributed by atoms with Gasteiger partial charge >= 0.3 is 5.97 Å². The van der Waals surface area contributed by atoms with Crippen LogP contribution in [-0.4, -0.2) is 144 Å². The van der Waals surface area contributed by atoms with Crippen LogP contribution in [0.2, 0.25) is 0 Å². The lowest BCUT2D eigenvalue weighted by Crippen LogP contribution is -2.60. The Hall–Kier alpha value is -8.29. The molecule has 1 fully saturated rings. The van der Waals surface area contributed by atoms with Crippen LogP contribution in [0.15, 0.2) is 70.8 Å². The number of guanidine groups is 2. The molecule has 1 aromatic heterocycles. The van der Waals surface area contributed by atoms with Gasteiger partial charge in [-0.3, -0.25) is 48.3 Å². The van der Waals surface area contributed by atoms with Crippen molar-refractivity contribution in [3.63, 3.8) is 0 Å². The zero-order valence-corrected chi connectivity index (χ0v) is 41.3. The number of hydrogen-bond acceptors (Lipinski definition) is 12. The molecule has 4 rings (SSSR count). The summed E-state index contributed by atoms with van der Waals surface area (Å²) in [6.07, 6.45) is 0.819. The molecular weight excluding hydrogens is 961 g/mol. The molecule has 0 saturated carbocycles. The van der Waals surface area contributed by atoms with Gasteiger partial charge in [0, 0.05) is 62.9 Å². The van der Waals surface area contributed by atoms with Crippen LogP contribution in [0.3, 0.4) is 0 Å². The summed E-state index contributed by atoms with van der Waals surface area (Å²) in [4.78, 5) is 135. The van der Waals surface area contributed by atoms with Gasteiger partial charge in [-0.2, -0.15) is 0 Å². The van der Waals surface area contributed by atoms with Gasteiger partial charge in [0.15, 0.2) is 11.9 Å². The number of nitrogens with zero attached hydrogens (tertiary/aromatic N) is 2. The molecule has 0 radical (unpaired) electrons. The standard InChI is InChI=1S/C48H70N16O10/c1-27(65)58-32(14-7-22-55-47(50)51)40(67)60-34-17-18-39(66)54-21-9-16-36(46(73)74)62-45(72)38(25-29-26-57-31-13-6-5-12-30(29)31)64-41(68)33(15-8-23-56-48(52)53)59-44(71)37(24-28-10-3-2-4-11-28)63-43(70)35(19-20-49)61-42(34)69/h2-6,10-13,26,32-38,57H,7-9,14-25,49H2,1H3,(H,54,66)(H,58,65)(H,59,71)(H,60,67)(H,61,69)(H,62,72)(H,63,70)(H,64,68)(H,73,74)(H4,50,51,55)(H4,52,53,56)/t32-,33+,34+,35+,36+,37-,38+/m1/s1. The third-order valence-corrected chi connectivity index (χ3v) is 11.9. The molecule has 74 heavy (non-hydrogen) atoms. The Morgan fingerprint density at radius 1 is 0.716 bits per heavy atom. The highest BCUT2D eigenvalue weighted by Crippen LogP contribution is 2.20. The lowest BCUT2D eigenvalue weighted by Gasteiger charge is -2.28. The quantitative estimate of drug-likeness (QED) is 0.0336. The molecule has 0 unspecified atom stereocenters. The zero-order valence-electron chi connectivity index (χ0n) is 41.3. The SMILES string of the molecule is CC(=O)N[C@H](CCCN=C(N)N)C(=O)N[C@H]1CCC(=O)NCCC[C@@H](C(=O)O)NC(=O)[C@H](Cc2c[nH]c3ccccc23)NC(=O)[C@H](CCCN=C(N)N)NC(=O)[C@@H](Cc2ccccc2)NC(=O)[C@H](CCN)NC1=O. The summed E-state index contributed by atoms with van der Waals surface area (Å²) >= 11 is 0.